The monoisotopic (exact) mass is 353 g/mol. The number of hydrogen-bond donors (Lipinski definition) is 3. The molecule has 2 aromatic carbocycles. The van der Waals surface area contributed by atoms with Gasteiger partial charge in [0.25, 0.3) is 0 Å². The molecule has 0 aliphatic rings. The second-order valence-corrected chi connectivity index (χ2v) is 6.02. The van der Waals surface area contributed by atoms with Gasteiger partial charge in [0, 0.05) is 5.56 Å². The van der Waals surface area contributed by atoms with Gasteiger partial charge in [0.15, 0.2) is 5.82 Å². The van der Waals surface area contributed by atoms with Crippen molar-refractivity contribution >= 4 is 6.03 Å². The van der Waals surface area contributed by atoms with E-state index in [4.69, 9.17) is 0 Å². The van der Waals surface area contributed by atoms with Gasteiger partial charge in [-0.3, -0.25) is 5.10 Å². The van der Waals surface area contributed by atoms with Crippen LogP contribution in [-0.4, -0.2) is 21.2 Å². The highest BCUT2D eigenvalue weighted by Crippen LogP contribution is 2.17. The van der Waals surface area contributed by atoms with E-state index in [0.717, 1.165) is 11.1 Å². The van der Waals surface area contributed by atoms with Crippen LogP contribution >= 0.6 is 0 Å². The molecule has 0 radical (unpaired) electrons. The fourth-order valence-corrected chi connectivity index (χ4v) is 2.66. The van der Waals surface area contributed by atoms with Gasteiger partial charge in [-0.25, -0.2) is 14.2 Å². The standard InChI is InChI=1S/C19H20FN5O/c1-12-5-3-4-6-16(12)13(2)22-19(26)21-11-17-23-18(25-24-17)14-7-9-15(20)10-8-14/h3-10,13H,11H2,1-2H3,(H2,21,22,26)(H,23,24,25). The number of halogens is 1. The van der Waals surface area contributed by atoms with Crippen LogP contribution in [-0.2, 0) is 6.54 Å². The highest BCUT2D eigenvalue weighted by Gasteiger charge is 2.12. The minimum Gasteiger partial charge on any atom is -0.332 e. The van der Waals surface area contributed by atoms with Crippen LogP contribution in [0.15, 0.2) is 48.5 Å². The topological polar surface area (TPSA) is 82.7 Å². The van der Waals surface area contributed by atoms with Crippen molar-refractivity contribution in [1.82, 2.24) is 25.8 Å². The van der Waals surface area contributed by atoms with Crippen LogP contribution in [0.3, 0.4) is 0 Å². The maximum Gasteiger partial charge on any atom is 0.315 e. The van der Waals surface area contributed by atoms with Crippen LogP contribution in [0.1, 0.15) is 29.9 Å². The summed E-state index contributed by atoms with van der Waals surface area (Å²) in [4.78, 5) is 16.4. The van der Waals surface area contributed by atoms with Crippen molar-refractivity contribution in [2.45, 2.75) is 26.4 Å². The van der Waals surface area contributed by atoms with Gasteiger partial charge in [0.1, 0.15) is 11.6 Å². The van der Waals surface area contributed by atoms with Crippen LogP contribution in [0, 0.1) is 12.7 Å². The number of rotatable bonds is 5. The number of nitrogens with one attached hydrogen (secondary N) is 3. The van der Waals surface area contributed by atoms with Crippen molar-refractivity contribution in [3.8, 4) is 11.4 Å². The zero-order chi connectivity index (χ0) is 18.5. The molecule has 134 valence electrons. The molecule has 26 heavy (non-hydrogen) atoms. The molecule has 0 spiro atoms. The predicted molar refractivity (Wildman–Crippen MR) is 96.7 cm³/mol. The van der Waals surface area contributed by atoms with E-state index in [1.807, 2.05) is 38.1 Å². The molecule has 1 heterocycles. The number of H-pyrrole nitrogens is 1. The lowest BCUT2D eigenvalue weighted by molar-refractivity contribution is 0.237. The van der Waals surface area contributed by atoms with Crippen molar-refractivity contribution in [1.29, 1.82) is 0 Å². The van der Waals surface area contributed by atoms with Gasteiger partial charge < -0.3 is 10.6 Å². The minimum atomic E-state index is -0.314. The van der Waals surface area contributed by atoms with E-state index in [1.54, 1.807) is 12.1 Å². The summed E-state index contributed by atoms with van der Waals surface area (Å²) in [6.07, 6.45) is 0. The molecule has 1 unspecified atom stereocenters. The third kappa shape index (κ3) is 4.24. The lowest BCUT2D eigenvalue weighted by Crippen LogP contribution is -2.37. The van der Waals surface area contributed by atoms with Gasteiger partial charge in [0.05, 0.1) is 12.6 Å². The number of aromatic nitrogens is 3. The Labute approximate surface area is 150 Å². The summed E-state index contributed by atoms with van der Waals surface area (Å²) in [6.45, 7) is 4.15. The van der Waals surface area contributed by atoms with Crippen molar-refractivity contribution in [2.75, 3.05) is 0 Å². The summed E-state index contributed by atoms with van der Waals surface area (Å²) in [5.74, 6) is 0.657. The van der Waals surface area contributed by atoms with E-state index in [0.29, 0.717) is 17.2 Å². The first-order valence-corrected chi connectivity index (χ1v) is 8.30. The van der Waals surface area contributed by atoms with Gasteiger partial charge >= 0.3 is 6.03 Å². The van der Waals surface area contributed by atoms with Crippen molar-refractivity contribution in [3.05, 3.63) is 71.3 Å². The fraction of sp³-hybridized carbons (Fsp3) is 0.211. The number of hydrogen-bond acceptors (Lipinski definition) is 3. The molecule has 0 saturated carbocycles. The van der Waals surface area contributed by atoms with E-state index in [9.17, 15) is 9.18 Å². The molecule has 6 nitrogen and oxygen atoms in total. The average Bonchev–Trinajstić information content (AvgIpc) is 3.10. The van der Waals surface area contributed by atoms with Gasteiger partial charge in [-0.2, -0.15) is 5.10 Å². The first-order chi connectivity index (χ1) is 12.5. The molecule has 3 rings (SSSR count). The molecule has 0 bridgehead atoms. The Bertz CT molecular complexity index is 891. The Balaban J connectivity index is 1.55. The van der Waals surface area contributed by atoms with Gasteiger partial charge in [0.2, 0.25) is 0 Å². The molecular formula is C19H20FN5O. The Morgan fingerprint density at radius 2 is 1.92 bits per heavy atom. The Morgan fingerprint density at radius 1 is 1.19 bits per heavy atom. The quantitative estimate of drug-likeness (QED) is 0.657. The SMILES string of the molecule is Cc1ccccc1C(C)NC(=O)NCc1nc(-c2ccc(F)cc2)n[nH]1. The Kier molecular flexibility index (Phi) is 5.26. The van der Waals surface area contributed by atoms with E-state index in [2.05, 4.69) is 25.8 Å². The number of aryl methyl sites for hydroxylation is 1. The number of aromatic amines is 1. The maximum absolute atomic E-state index is 13.0. The second kappa shape index (κ2) is 7.77. The number of urea groups is 1. The van der Waals surface area contributed by atoms with E-state index >= 15 is 0 Å². The molecule has 2 amide bonds. The predicted octanol–water partition coefficient (Wildman–Crippen LogP) is 3.48. The fourth-order valence-electron chi connectivity index (χ4n) is 2.66. The van der Waals surface area contributed by atoms with Crippen molar-refractivity contribution in [3.63, 3.8) is 0 Å². The molecular weight excluding hydrogens is 333 g/mol. The van der Waals surface area contributed by atoms with E-state index in [-0.39, 0.29) is 24.4 Å². The molecule has 1 aromatic heterocycles. The highest BCUT2D eigenvalue weighted by atomic mass is 19.1. The molecule has 3 N–H and O–H groups in total. The zero-order valence-corrected chi connectivity index (χ0v) is 14.6. The second-order valence-electron chi connectivity index (χ2n) is 6.02. The first-order valence-electron chi connectivity index (χ1n) is 8.30. The third-order valence-electron chi connectivity index (χ3n) is 4.05. The Morgan fingerprint density at radius 3 is 2.65 bits per heavy atom. The summed E-state index contributed by atoms with van der Waals surface area (Å²) < 4.78 is 13.0. The average molecular weight is 353 g/mol. The number of benzene rings is 2. The summed E-state index contributed by atoms with van der Waals surface area (Å²) in [6, 6.07) is 13.4. The zero-order valence-electron chi connectivity index (χ0n) is 14.6. The highest BCUT2D eigenvalue weighted by molar-refractivity contribution is 5.74. The summed E-state index contributed by atoms with van der Waals surface area (Å²) in [7, 11) is 0. The van der Waals surface area contributed by atoms with Crippen LogP contribution in [0.2, 0.25) is 0 Å². The molecule has 0 saturated heterocycles. The number of nitrogens with zero attached hydrogens (tertiary/aromatic N) is 2. The van der Waals surface area contributed by atoms with Crippen LogP contribution in [0.5, 0.6) is 0 Å². The summed E-state index contributed by atoms with van der Waals surface area (Å²) in [5, 5.41) is 12.5. The summed E-state index contributed by atoms with van der Waals surface area (Å²) in [5.41, 5.74) is 2.90. The number of amides is 2. The first kappa shape index (κ1) is 17.6. The lowest BCUT2D eigenvalue weighted by atomic mass is 10.0. The molecule has 0 fully saturated rings. The molecule has 3 aromatic rings. The van der Waals surface area contributed by atoms with Crippen LogP contribution in [0.4, 0.5) is 9.18 Å². The maximum atomic E-state index is 13.0. The minimum absolute atomic E-state index is 0.110. The van der Waals surface area contributed by atoms with Gasteiger partial charge in [-0.1, -0.05) is 24.3 Å². The number of carbonyl (C=O) groups is 1. The molecule has 0 aliphatic heterocycles. The molecule has 0 aliphatic carbocycles. The van der Waals surface area contributed by atoms with Gasteiger partial charge in [-0.15, -0.1) is 0 Å². The summed E-state index contributed by atoms with van der Waals surface area (Å²) >= 11 is 0. The van der Waals surface area contributed by atoms with Crippen molar-refractivity contribution < 1.29 is 9.18 Å². The van der Waals surface area contributed by atoms with E-state index < -0.39 is 0 Å². The largest absolute Gasteiger partial charge is 0.332 e. The molecule has 1 atom stereocenters. The third-order valence-corrected chi connectivity index (χ3v) is 4.05. The van der Waals surface area contributed by atoms with Crippen LogP contribution in [0.25, 0.3) is 11.4 Å². The molecule has 7 heteroatoms. The smallest absolute Gasteiger partial charge is 0.315 e. The van der Waals surface area contributed by atoms with Crippen molar-refractivity contribution in [2.24, 2.45) is 0 Å². The van der Waals surface area contributed by atoms with Crippen LogP contribution < -0.4 is 10.6 Å². The normalized spacial score (nSPS) is 11.8. The Hall–Kier alpha value is -3.22. The van der Waals surface area contributed by atoms with E-state index in [1.165, 1.54) is 12.1 Å². The van der Waals surface area contributed by atoms with Gasteiger partial charge in [-0.05, 0) is 49.2 Å². The lowest BCUT2D eigenvalue weighted by Gasteiger charge is -2.16. The number of carbonyl (C=O) groups excluding carboxylic acids is 1.